The van der Waals surface area contributed by atoms with Crippen LogP contribution in [0.4, 0.5) is 10.1 Å². The number of nitrogens with zero attached hydrogens (tertiary/aromatic N) is 1. The van der Waals surface area contributed by atoms with Gasteiger partial charge in [-0.05, 0) is 35.9 Å². The van der Waals surface area contributed by atoms with Crippen LogP contribution >= 0.6 is 11.6 Å². The topological polar surface area (TPSA) is 20.3 Å². The zero-order valence-corrected chi connectivity index (χ0v) is 11.2. The number of hydrogen-bond donors (Lipinski definition) is 0. The third-order valence-electron chi connectivity index (χ3n) is 2.81. The number of carbonyl (C=O) groups is 1. The van der Waals surface area contributed by atoms with Crippen molar-refractivity contribution in [2.45, 2.75) is 6.54 Å². The number of anilines is 1. The van der Waals surface area contributed by atoms with Gasteiger partial charge in [-0.15, -0.1) is 0 Å². The first kappa shape index (κ1) is 13.6. The average Bonchev–Trinajstić information content (AvgIpc) is 2.40. The van der Waals surface area contributed by atoms with E-state index in [1.165, 1.54) is 12.1 Å². The van der Waals surface area contributed by atoms with E-state index in [0.717, 1.165) is 5.56 Å². The number of halogens is 2. The molecule has 19 heavy (non-hydrogen) atoms. The highest BCUT2D eigenvalue weighted by Gasteiger charge is 2.06. The van der Waals surface area contributed by atoms with Gasteiger partial charge in [0.25, 0.3) is 0 Å². The summed E-state index contributed by atoms with van der Waals surface area (Å²) in [7, 11) is 1.85. The van der Waals surface area contributed by atoms with E-state index >= 15 is 0 Å². The number of aldehydes is 1. The molecule has 98 valence electrons. The molecule has 0 aliphatic carbocycles. The smallest absolute Gasteiger partial charge is 0.150 e. The first-order valence-electron chi connectivity index (χ1n) is 5.80. The van der Waals surface area contributed by atoms with Crippen LogP contribution in [-0.2, 0) is 6.54 Å². The van der Waals surface area contributed by atoms with Crippen LogP contribution in [0.5, 0.6) is 0 Å². The lowest BCUT2D eigenvalue weighted by atomic mass is 10.1. The van der Waals surface area contributed by atoms with Crippen molar-refractivity contribution >= 4 is 23.6 Å². The van der Waals surface area contributed by atoms with Crippen molar-refractivity contribution in [1.29, 1.82) is 0 Å². The van der Waals surface area contributed by atoms with Crippen molar-refractivity contribution in [1.82, 2.24) is 0 Å². The van der Waals surface area contributed by atoms with Crippen LogP contribution in [0.3, 0.4) is 0 Å². The first-order valence-corrected chi connectivity index (χ1v) is 6.17. The van der Waals surface area contributed by atoms with Gasteiger partial charge in [0.2, 0.25) is 0 Å². The van der Waals surface area contributed by atoms with Gasteiger partial charge < -0.3 is 4.90 Å². The molecule has 0 amide bonds. The Bertz CT molecular complexity index is 583. The van der Waals surface area contributed by atoms with Gasteiger partial charge in [0, 0.05) is 29.9 Å². The lowest BCUT2D eigenvalue weighted by molar-refractivity contribution is 0.112. The Morgan fingerprint density at radius 1 is 1.21 bits per heavy atom. The highest BCUT2D eigenvalue weighted by atomic mass is 35.5. The van der Waals surface area contributed by atoms with Crippen LogP contribution < -0.4 is 4.90 Å². The van der Waals surface area contributed by atoms with Crippen LogP contribution in [0.1, 0.15) is 15.9 Å². The summed E-state index contributed by atoms with van der Waals surface area (Å²) in [6, 6.07) is 11.7. The molecular formula is C15H13ClFNO. The second kappa shape index (κ2) is 5.85. The number of benzene rings is 2. The summed E-state index contributed by atoms with van der Waals surface area (Å²) in [4.78, 5) is 12.6. The fraction of sp³-hybridized carbons (Fsp3) is 0.133. The van der Waals surface area contributed by atoms with Crippen LogP contribution in [0.2, 0.25) is 5.02 Å². The van der Waals surface area contributed by atoms with Gasteiger partial charge in [0.15, 0.2) is 0 Å². The van der Waals surface area contributed by atoms with Crippen molar-refractivity contribution < 1.29 is 9.18 Å². The summed E-state index contributed by atoms with van der Waals surface area (Å²) in [5.74, 6) is -0.414. The fourth-order valence-corrected chi connectivity index (χ4v) is 1.97. The van der Waals surface area contributed by atoms with E-state index in [2.05, 4.69) is 0 Å². The minimum absolute atomic E-state index is 0.331. The Balaban J connectivity index is 2.19. The SMILES string of the molecule is CN(Cc1ccc(Cl)cc1)c1cc(F)cc(C=O)c1. The molecule has 2 nitrogen and oxygen atoms in total. The van der Waals surface area contributed by atoms with Gasteiger partial charge in [-0.3, -0.25) is 4.79 Å². The average molecular weight is 278 g/mol. The van der Waals surface area contributed by atoms with Gasteiger partial charge in [-0.25, -0.2) is 4.39 Å². The van der Waals surface area contributed by atoms with Crippen LogP contribution in [0.25, 0.3) is 0 Å². The maximum absolute atomic E-state index is 13.4. The van der Waals surface area contributed by atoms with Crippen molar-refractivity contribution in [2.24, 2.45) is 0 Å². The van der Waals surface area contributed by atoms with E-state index < -0.39 is 5.82 Å². The third kappa shape index (κ3) is 3.55. The largest absolute Gasteiger partial charge is 0.370 e. The zero-order valence-electron chi connectivity index (χ0n) is 10.4. The van der Waals surface area contributed by atoms with E-state index in [1.54, 1.807) is 6.07 Å². The lowest BCUT2D eigenvalue weighted by Gasteiger charge is -2.20. The predicted octanol–water partition coefficient (Wildman–Crippen LogP) is 3.93. The fourth-order valence-electron chi connectivity index (χ4n) is 1.84. The molecule has 4 heteroatoms. The van der Waals surface area contributed by atoms with Crippen molar-refractivity contribution in [3.8, 4) is 0 Å². The first-order chi connectivity index (χ1) is 9.08. The minimum Gasteiger partial charge on any atom is -0.370 e. The van der Waals surface area contributed by atoms with E-state index in [1.807, 2.05) is 36.2 Å². The Kier molecular flexibility index (Phi) is 4.17. The van der Waals surface area contributed by atoms with Gasteiger partial charge in [-0.2, -0.15) is 0 Å². The molecule has 0 saturated heterocycles. The molecule has 0 radical (unpaired) electrons. The second-order valence-electron chi connectivity index (χ2n) is 4.34. The van der Waals surface area contributed by atoms with E-state index in [9.17, 15) is 9.18 Å². The lowest BCUT2D eigenvalue weighted by Crippen LogP contribution is -2.16. The van der Waals surface area contributed by atoms with Crippen molar-refractivity contribution in [3.05, 3.63) is 64.4 Å². The molecule has 0 N–H and O–H groups in total. The Labute approximate surface area is 116 Å². The summed E-state index contributed by atoms with van der Waals surface area (Å²) >= 11 is 5.82. The van der Waals surface area contributed by atoms with Crippen LogP contribution in [0.15, 0.2) is 42.5 Å². The van der Waals surface area contributed by atoms with Crippen molar-refractivity contribution in [2.75, 3.05) is 11.9 Å². The molecule has 2 rings (SSSR count). The monoisotopic (exact) mass is 277 g/mol. The van der Waals surface area contributed by atoms with Gasteiger partial charge in [0.1, 0.15) is 12.1 Å². The van der Waals surface area contributed by atoms with Gasteiger partial charge in [0.05, 0.1) is 0 Å². The normalized spacial score (nSPS) is 10.3. The molecule has 0 saturated carbocycles. The molecule has 0 aliphatic heterocycles. The number of rotatable bonds is 4. The minimum atomic E-state index is -0.414. The third-order valence-corrected chi connectivity index (χ3v) is 3.07. The summed E-state index contributed by atoms with van der Waals surface area (Å²) in [5.41, 5.74) is 2.05. The summed E-state index contributed by atoms with van der Waals surface area (Å²) in [6.07, 6.45) is 0.642. The standard InChI is InChI=1S/C15H13ClFNO/c1-18(9-11-2-4-13(16)5-3-11)15-7-12(10-19)6-14(17)8-15/h2-8,10H,9H2,1H3. The number of carbonyl (C=O) groups excluding carboxylic acids is 1. The maximum Gasteiger partial charge on any atom is 0.150 e. The molecule has 0 spiro atoms. The molecule has 0 unspecified atom stereocenters. The zero-order chi connectivity index (χ0) is 13.8. The Morgan fingerprint density at radius 2 is 1.89 bits per heavy atom. The summed E-state index contributed by atoms with van der Waals surface area (Å²) in [6.45, 7) is 0.610. The maximum atomic E-state index is 13.4. The molecular weight excluding hydrogens is 265 g/mol. The highest BCUT2D eigenvalue weighted by Crippen LogP contribution is 2.19. The molecule has 0 fully saturated rings. The Morgan fingerprint density at radius 3 is 2.53 bits per heavy atom. The quantitative estimate of drug-likeness (QED) is 0.789. The molecule has 2 aromatic rings. The second-order valence-corrected chi connectivity index (χ2v) is 4.78. The van der Waals surface area contributed by atoms with Gasteiger partial charge in [-0.1, -0.05) is 23.7 Å². The molecule has 0 aliphatic rings. The Hall–Kier alpha value is -1.87. The number of hydrogen-bond acceptors (Lipinski definition) is 2. The predicted molar refractivity (Wildman–Crippen MR) is 75.3 cm³/mol. The van der Waals surface area contributed by atoms with Crippen molar-refractivity contribution in [3.63, 3.8) is 0 Å². The van der Waals surface area contributed by atoms with E-state index in [4.69, 9.17) is 11.6 Å². The summed E-state index contributed by atoms with van der Waals surface area (Å²) in [5, 5.41) is 0.681. The van der Waals surface area contributed by atoms with Crippen LogP contribution in [-0.4, -0.2) is 13.3 Å². The molecule has 2 aromatic carbocycles. The van der Waals surface area contributed by atoms with Crippen LogP contribution in [0, 0.1) is 5.82 Å². The van der Waals surface area contributed by atoms with E-state index in [0.29, 0.717) is 29.1 Å². The molecule has 0 bridgehead atoms. The molecule has 0 atom stereocenters. The molecule has 0 aromatic heterocycles. The highest BCUT2D eigenvalue weighted by molar-refractivity contribution is 6.30. The summed E-state index contributed by atoms with van der Waals surface area (Å²) < 4.78 is 13.4. The van der Waals surface area contributed by atoms with Gasteiger partial charge >= 0.3 is 0 Å². The van der Waals surface area contributed by atoms with E-state index in [-0.39, 0.29) is 0 Å². The molecule has 0 heterocycles.